The number of carbonyl (C=O) groups excluding carboxylic acids is 4. The summed E-state index contributed by atoms with van der Waals surface area (Å²) in [6, 6.07) is 14.0. The number of fused-ring (bicyclic) bond motifs is 1. The molecule has 55 heavy (non-hydrogen) atoms. The van der Waals surface area contributed by atoms with E-state index in [-0.39, 0.29) is 40.8 Å². The lowest BCUT2D eigenvalue weighted by Crippen LogP contribution is -2.38. The SMILES string of the molecule is CCCNC(=O)C1=CC(=Nc2ccc(N(CC)CCOC(=O)NCCC(C)CC(C)(C)CNC(=O)Nc3nc(C)cc(=O)[nH]3)cc2C)c2ccccc2C1=O. The minimum atomic E-state index is -0.479. The Bertz CT molecular complexity index is 1980. The van der Waals surface area contributed by atoms with Gasteiger partial charge in [0.25, 0.3) is 11.5 Å². The van der Waals surface area contributed by atoms with Gasteiger partial charge in [0.1, 0.15) is 6.61 Å². The number of amides is 4. The average Bonchev–Trinajstić information content (AvgIpc) is 3.13. The zero-order chi connectivity index (χ0) is 40.1. The minimum absolute atomic E-state index is 0.0740. The highest BCUT2D eigenvalue weighted by molar-refractivity contribution is 6.35. The first-order valence-corrected chi connectivity index (χ1v) is 18.8. The van der Waals surface area contributed by atoms with Crippen molar-refractivity contribution in [1.82, 2.24) is 25.9 Å². The van der Waals surface area contributed by atoms with Gasteiger partial charge in [-0.3, -0.25) is 24.7 Å². The zero-order valence-corrected chi connectivity index (χ0v) is 32.9. The first-order valence-electron chi connectivity index (χ1n) is 18.8. The second-order valence-electron chi connectivity index (χ2n) is 14.6. The molecule has 14 nitrogen and oxygen atoms in total. The van der Waals surface area contributed by atoms with Crippen molar-refractivity contribution in [3.8, 4) is 0 Å². The second-order valence-corrected chi connectivity index (χ2v) is 14.6. The number of urea groups is 1. The number of aryl methyl sites for hydroxylation is 2. The van der Waals surface area contributed by atoms with Gasteiger partial charge in [-0.2, -0.15) is 0 Å². The Labute approximate surface area is 322 Å². The highest BCUT2D eigenvalue weighted by atomic mass is 16.5. The first-order chi connectivity index (χ1) is 26.2. The Kier molecular flexibility index (Phi) is 14.9. The number of aromatic nitrogens is 2. The van der Waals surface area contributed by atoms with E-state index in [0.29, 0.717) is 60.9 Å². The molecule has 1 heterocycles. The molecule has 4 rings (SSSR count). The van der Waals surface area contributed by atoms with E-state index in [1.807, 2.05) is 51.1 Å². The van der Waals surface area contributed by atoms with Crippen LogP contribution < -0.4 is 31.7 Å². The van der Waals surface area contributed by atoms with Gasteiger partial charge < -0.3 is 25.6 Å². The molecule has 1 aliphatic carbocycles. The molecule has 5 N–H and O–H groups in total. The number of H-pyrrole nitrogens is 1. The lowest BCUT2D eigenvalue weighted by molar-refractivity contribution is -0.117. The van der Waals surface area contributed by atoms with Crippen molar-refractivity contribution in [2.24, 2.45) is 16.3 Å². The van der Waals surface area contributed by atoms with Crippen LogP contribution in [0.25, 0.3) is 0 Å². The molecule has 2 aromatic carbocycles. The molecule has 0 bridgehead atoms. The van der Waals surface area contributed by atoms with Gasteiger partial charge in [0.2, 0.25) is 5.95 Å². The summed E-state index contributed by atoms with van der Waals surface area (Å²) in [5, 5.41) is 11.0. The summed E-state index contributed by atoms with van der Waals surface area (Å²) >= 11 is 0. The normalized spacial score (nSPS) is 13.7. The minimum Gasteiger partial charge on any atom is -0.448 e. The summed E-state index contributed by atoms with van der Waals surface area (Å²) < 4.78 is 5.50. The molecule has 0 saturated heterocycles. The predicted molar refractivity (Wildman–Crippen MR) is 216 cm³/mol. The Morgan fingerprint density at radius 1 is 0.982 bits per heavy atom. The fourth-order valence-corrected chi connectivity index (χ4v) is 6.43. The lowest BCUT2D eigenvalue weighted by Gasteiger charge is -2.28. The molecule has 0 spiro atoms. The van der Waals surface area contributed by atoms with Crippen LogP contribution in [0.1, 0.15) is 81.1 Å². The van der Waals surface area contributed by atoms with Crippen LogP contribution in [0, 0.1) is 25.2 Å². The number of hydrogen-bond donors (Lipinski definition) is 5. The monoisotopic (exact) mass is 754 g/mol. The Balaban J connectivity index is 1.24. The number of Topliss-reactive ketones (excluding diaryl/α,β-unsaturated/α-hetero) is 1. The van der Waals surface area contributed by atoms with Gasteiger partial charge in [-0.1, -0.05) is 52.0 Å². The molecule has 0 aliphatic heterocycles. The highest BCUT2D eigenvalue weighted by Crippen LogP contribution is 2.29. The van der Waals surface area contributed by atoms with Crippen LogP contribution >= 0.6 is 0 Å². The second kappa shape index (κ2) is 19.5. The third-order valence-corrected chi connectivity index (χ3v) is 9.15. The predicted octanol–water partition coefficient (Wildman–Crippen LogP) is 5.97. The van der Waals surface area contributed by atoms with Crippen LogP contribution in [0.4, 0.5) is 26.9 Å². The smallest absolute Gasteiger partial charge is 0.407 e. The van der Waals surface area contributed by atoms with Crippen LogP contribution in [0.3, 0.4) is 0 Å². The number of benzene rings is 2. The van der Waals surface area contributed by atoms with Crippen molar-refractivity contribution in [2.75, 3.05) is 49.5 Å². The lowest BCUT2D eigenvalue weighted by atomic mass is 9.82. The van der Waals surface area contributed by atoms with Crippen LogP contribution in [0.5, 0.6) is 0 Å². The van der Waals surface area contributed by atoms with Gasteiger partial charge in [0.05, 0.1) is 23.5 Å². The van der Waals surface area contributed by atoms with Gasteiger partial charge in [-0.25, -0.2) is 19.6 Å². The maximum Gasteiger partial charge on any atom is 0.407 e. The van der Waals surface area contributed by atoms with Crippen LogP contribution in [-0.4, -0.2) is 78.8 Å². The number of aliphatic imine (C=N–C) groups is 1. The summed E-state index contributed by atoms with van der Waals surface area (Å²) in [7, 11) is 0. The van der Waals surface area contributed by atoms with E-state index in [9.17, 15) is 24.0 Å². The molecule has 1 aromatic heterocycles. The average molecular weight is 755 g/mol. The van der Waals surface area contributed by atoms with Crippen LogP contribution in [0.2, 0.25) is 0 Å². The van der Waals surface area contributed by atoms with Crippen molar-refractivity contribution in [1.29, 1.82) is 0 Å². The molecule has 1 unspecified atom stereocenters. The van der Waals surface area contributed by atoms with Crippen LogP contribution in [0.15, 0.2) is 70.0 Å². The summed E-state index contributed by atoms with van der Waals surface area (Å²) in [4.78, 5) is 76.0. The van der Waals surface area contributed by atoms with E-state index in [0.717, 1.165) is 30.5 Å². The Morgan fingerprint density at radius 3 is 2.42 bits per heavy atom. The largest absolute Gasteiger partial charge is 0.448 e. The van der Waals surface area contributed by atoms with Crippen molar-refractivity contribution in [2.45, 2.75) is 67.7 Å². The van der Waals surface area contributed by atoms with E-state index in [2.05, 4.69) is 56.9 Å². The van der Waals surface area contributed by atoms with E-state index in [4.69, 9.17) is 9.73 Å². The van der Waals surface area contributed by atoms with Crippen molar-refractivity contribution >= 4 is 46.8 Å². The summed E-state index contributed by atoms with van der Waals surface area (Å²) in [6.45, 7) is 16.6. The number of alkyl carbamates (subject to hydrolysis) is 1. The number of aromatic amines is 1. The topological polar surface area (TPSA) is 187 Å². The quantitative estimate of drug-likeness (QED) is 0.104. The van der Waals surface area contributed by atoms with Gasteiger partial charge >= 0.3 is 12.1 Å². The number of likely N-dealkylation sites (N-methyl/N-ethyl adjacent to an activating group) is 1. The fourth-order valence-electron chi connectivity index (χ4n) is 6.43. The van der Waals surface area contributed by atoms with Gasteiger partial charge in [-0.05, 0) is 81.2 Å². The number of anilines is 2. The Hall–Kier alpha value is -5.79. The number of allylic oxidation sites excluding steroid dienone is 1. The van der Waals surface area contributed by atoms with E-state index < -0.39 is 18.0 Å². The number of ether oxygens (including phenoxy) is 1. The summed E-state index contributed by atoms with van der Waals surface area (Å²) in [6.07, 6.45) is 3.40. The number of rotatable bonds is 17. The maximum atomic E-state index is 13.1. The van der Waals surface area contributed by atoms with Crippen molar-refractivity contribution in [3.63, 3.8) is 0 Å². The number of nitrogens with zero attached hydrogens (tertiary/aromatic N) is 3. The summed E-state index contributed by atoms with van der Waals surface area (Å²) in [5.41, 5.74) is 4.28. The van der Waals surface area contributed by atoms with Crippen molar-refractivity contribution in [3.05, 3.63) is 92.9 Å². The van der Waals surface area contributed by atoms with Crippen molar-refractivity contribution < 1.29 is 23.9 Å². The fraction of sp³-hybridized carbons (Fsp3) is 0.439. The number of carbonyl (C=O) groups is 4. The molecule has 3 aromatic rings. The molecule has 4 amide bonds. The van der Waals surface area contributed by atoms with Crippen LogP contribution in [-0.2, 0) is 9.53 Å². The number of ketones is 1. The summed E-state index contributed by atoms with van der Waals surface area (Å²) in [5.74, 6) is -0.362. The number of nitrogens with one attached hydrogen (secondary N) is 5. The maximum absolute atomic E-state index is 13.1. The molecular formula is C41H54N8O6. The standard InChI is InChI=1S/C41H54N8O6/c1-8-17-42-37(52)32-23-34(30-12-10-11-13-31(30)36(32)51)46-33-15-14-29(21-27(33)4)49(9-2)19-20-55-40(54)43-18-16-26(3)24-41(6,7)25-44-39(53)48-38-45-28(5)22-35(50)47-38/h10-15,21-23,26H,8-9,16-20,24-25H2,1-7H3,(H,42,52)(H,43,54)(H3,44,45,47,48,50,53). The van der Waals surface area contributed by atoms with E-state index in [1.165, 1.54) is 6.07 Å². The number of hydrogen-bond acceptors (Lipinski definition) is 9. The molecule has 0 fully saturated rings. The van der Waals surface area contributed by atoms with Gasteiger partial charge in [0.15, 0.2) is 5.78 Å². The molecule has 294 valence electrons. The molecule has 0 radical (unpaired) electrons. The molecule has 1 aliphatic rings. The molecular weight excluding hydrogens is 701 g/mol. The third-order valence-electron chi connectivity index (χ3n) is 9.15. The zero-order valence-electron chi connectivity index (χ0n) is 32.9. The van der Waals surface area contributed by atoms with E-state index in [1.54, 1.807) is 25.1 Å². The third kappa shape index (κ3) is 12.4. The van der Waals surface area contributed by atoms with E-state index >= 15 is 0 Å². The first kappa shape index (κ1) is 42.0. The molecule has 1 atom stereocenters. The Morgan fingerprint density at radius 2 is 1.73 bits per heavy atom. The highest BCUT2D eigenvalue weighted by Gasteiger charge is 2.28. The molecule has 14 heteroatoms. The van der Waals surface area contributed by atoms with Gasteiger partial charge in [0, 0.05) is 54.8 Å². The molecule has 0 saturated carbocycles. The van der Waals surface area contributed by atoms with Gasteiger partial charge in [-0.15, -0.1) is 0 Å².